The van der Waals surface area contributed by atoms with Gasteiger partial charge in [-0.1, -0.05) is 34.1 Å². The zero-order chi connectivity index (χ0) is 17.9. The maximum absolute atomic E-state index is 12.9. The van der Waals surface area contributed by atoms with Gasteiger partial charge in [0.25, 0.3) is 0 Å². The smallest absolute Gasteiger partial charge is 0.312 e. The highest BCUT2D eigenvalue weighted by atomic mass is 79.9. The minimum Gasteiger partial charge on any atom is -0.457 e. The number of hydrogen-bond donors (Lipinski definition) is 0. The first-order valence-corrected chi connectivity index (χ1v) is 10.1. The van der Waals surface area contributed by atoms with E-state index >= 15 is 0 Å². The van der Waals surface area contributed by atoms with Crippen molar-refractivity contribution in [2.24, 2.45) is 17.3 Å². The summed E-state index contributed by atoms with van der Waals surface area (Å²) in [7, 11) is 0. The fourth-order valence-electron chi connectivity index (χ4n) is 5.86. The fraction of sp³-hybridized carbons (Fsp3) is 0.524. The van der Waals surface area contributed by atoms with Crippen molar-refractivity contribution in [2.45, 2.75) is 42.8 Å². The van der Waals surface area contributed by atoms with E-state index in [4.69, 9.17) is 9.15 Å². The van der Waals surface area contributed by atoms with Gasteiger partial charge in [-0.25, -0.2) is 0 Å². The first kappa shape index (κ1) is 16.5. The minimum absolute atomic E-state index is 0.0961. The molecule has 0 saturated heterocycles. The summed E-state index contributed by atoms with van der Waals surface area (Å²) in [5, 5.41) is 0.879. The first-order chi connectivity index (χ1) is 12.4. The predicted octanol–water partition coefficient (Wildman–Crippen LogP) is 4.89. The van der Waals surface area contributed by atoms with Crippen LogP contribution in [0.2, 0.25) is 0 Å². The molecule has 5 heteroatoms. The average Bonchev–Trinajstić information content (AvgIpc) is 3.01. The Morgan fingerprint density at radius 1 is 1.15 bits per heavy atom. The van der Waals surface area contributed by atoms with Crippen LogP contribution in [0.1, 0.15) is 49.1 Å². The number of alkyl halides is 1. The molecule has 26 heavy (non-hydrogen) atoms. The van der Waals surface area contributed by atoms with Gasteiger partial charge in [-0.3, -0.25) is 9.59 Å². The minimum atomic E-state index is -0.401. The van der Waals surface area contributed by atoms with Crippen LogP contribution in [0.25, 0.3) is 11.0 Å². The number of fused-ring (bicyclic) bond motifs is 1. The van der Waals surface area contributed by atoms with Crippen LogP contribution in [-0.2, 0) is 9.53 Å². The van der Waals surface area contributed by atoms with Gasteiger partial charge in [-0.05, 0) is 62.5 Å². The lowest BCUT2D eigenvalue weighted by Crippen LogP contribution is -2.56. The molecular formula is C21H21BrO4. The lowest BCUT2D eigenvalue weighted by molar-refractivity contribution is -0.168. The molecule has 0 N–H and O–H groups in total. The molecule has 6 rings (SSSR count). The van der Waals surface area contributed by atoms with E-state index in [1.165, 1.54) is 6.42 Å². The Balaban J connectivity index is 1.29. The molecule has 4 aliphatic carbocycles. The molecule has 2 aromatic rings. The highest BCUT2D eigenvalue weighted by Gasteiger charge is 2.60. The van der Waals surface area contributed by atoms with Crippen LogP contribution in [0, 0.1) is 17.3 Å². The van der Waals surface area contributed by atoms with Gasteiger partial charge in [0.05, 0.1) is 5.41 Å². The number of Topliss-reactive ketones (excluding diaryl/α,β-unsaturated/α-hetero) is 1. The number of rotatable bonds is 4. The van der Waals surface area contributed by atoms with Crippen molar-refractivity contribution >= 4 is 38.7 Å². The van der Waals surface area contributed by atoms with Gasteiger partial charge in [0.15, 0.2) is 12.4 Å². The number of carbonyl (C=O) groups is 2. The number of benzene rings is 1. The Morgan fingerprint density at radius 2 is 1.88 bits per heavy atom. The van der Waals surface area contributed by atoms with Crippen molar-refractivity contribution in [2.75, 3.05) is 6.61 Å². The third-order valence-corrected chi connectivity index (χ3v) is 7.39. The SMILES string of the molecule is O=C(COC(=O)C12CC3CC(CC(Br)(C3)C1)C2)c1cc2ccccc2o1. The van der Waals surface area contributed by atoms with E-state index in [0.29, 0.717) is 17.4 Å². The van der Waals surface area contributed by atoms with Crippen LogP contribution in [0.5, 0.6) is 0 Å². The van der Waals surface area contributed by atoms with E-state index in [1.54, 1.807) is 6.07 Å². The molecule has 2 atom stereocenters. The zero-order valence-corrected chi connectivity index (χ0v) is 16.1. The second-order valence-electron chi connectivity index (χ2n) is 8.54. The first-order valence-electron chi connectivity index (χ1n) is 9.33. The lowest BCUT2D eigenvalue weighted by Gasteiger charge is -2.58. The maximum Gasteiger partial charge on any atom is 0.312 e. The van der Waals surface area contributed by atoms with Crippen LogP contribution in [0.15, 0.2) is 34.7 Å². The molecule has 1 aromatic heterocycles. The topological polar surface area (TPSA) is 56.5 Å². The number of carbonyl (C=O) groups excluding carboxylic acids is 2. The molecule has 1 aromatic carbocycles. The second kappa shape index (κ2) is 5.69. The Hall–Kier alpha value is -1.62. The molecule has 136 valence electrons. The van der Waals surface area contributed by atoms with Crippen molar-refractivity contribution in [3.63, 3.8) is 0 Å². The highest BCUT2D eigenvalue weighted by molar-refractivity contribution is 9.10. The molecule has 0 spiro atoms. The largest absolute Gasteiger partial charge is 0.457 e. The molecule has 4 nitrogen and oxygen atoms in total. The van der Waals surface area contributed by atoms with Gasteiger partial charge in [0.1, 0.15) is 5.58 Å². The van der Waals surface area contributed by atoms with E-state index < -0.39 is 5.41 Å². The summed E-state index contributed by atoms with van der Waals surface area (Å²) in [4.78, 5) is 25.3. The molecule has 4 aliphatic rings. The summed E-state index contributed by atoms with van der Waals surface area (Å²) in [6.45, 7) is -0.245. The monoisotopic (exact) mass is 416 g/mol. The van der Waals surface area contributed by atoms with Gasteiger partial charge < -0.3 is 9.15 Å². The summed E-state index contributed by atoms with van der Waals surface area (Å²) in [6.07, 6.45) is 6.22. The quantitative estimate of drug-likeness (QED) is 0.404. The number of esters is 1. The van der Waals surface area contributed by atoms with E-state index in [9.17, 15) is 9.59 Å². The average molecular weight is 417 g/mol. The Morgan fingerprint density at radius 3 is 2.58 bits per heavy atom. The van der Waals surface area contributed by atoms with E-state index in [0.717, 1.165) is 37.5 Å². The van der Waals surface area contributed by atoms with Crippen molar-refractivity contribution in [1.82, 2.24) is 0 Å². The Bertz CT molecular complexity index is 851. The summed E-state index contributed by atoms with van der Waals surface area (Å²) in [5.41, 5.74) is 0.270. The van der Waals surface area contributed by atoms with Crippen molar-refractivity contribution in [1.29, 1.82) is 0 Å². The Kier molecular flexibility index (Phi) is 3.62. The molecule has 1 heterocycles. The number of furan rings is 1. The van der Waals surface area contributed by atoms with E-state index in [1.807, 2.05) is 24.3 Å². The van der Waals surface area contributed by atoms with Gasteiger partial charge in [-0.2, -0.15) is 0 Å². The zero-order valence-electron chi connectivity index (χ0n) is 14.5. The summed E-state index contributed by atoms with van der Waals surface area (Å²) in [5.74, 6) is 0.984. The third kappa shape index (κ3) is 2.63. The molecule has 4 bridgehead atoms. The number of ketones is 1. The molecule has 4 fully saturated rings. The summed E-state index contributed by atoms with van der Waals surface area (Å²) < 4.78 is 11.2. The van der Waals surface area contributed by atoms with E-state index in [-0.39, 0.29) is 28.4 Å². The normalized spacial score (nSPS) is 35.0. The van der Waals surface area contributed by atoms with Crippen LogP contribution in [-0.4, -0.2) is 22.7 Å². The third-order valence-electron chi connectivity index (χ3n) is 6.46. The molecule has 0 amide bonds. The summed E-state index contributed by atoms with van der Waals surface area (Å²) in [6, 6.07) is 9.19. The second-order valence-corrected chi connectivity index (χ2v) is 10.2. The van der Waals surface area contributed by atoms with Crippen LogP contribution >= 0.6 is 15.9 Å². The lowest BCUT2D eigenvalue weighted by atomic mass is 9.49. The highest BCUT2D eigenvalue weighted by Crippen LogP contribution is 2.64. The molecule has 4 saturated carbocycles. The van der Waals surface area contributed by atoms with Gasteiger partial charge >= 0.3 is 5.97 Å². The molecular weight excluding hydrogens is 396 g/mol. The predicted molar refractivity (Wildman–Crippen MR) is 100 cm³/mol. The number of halogens is 1. The van der Waals surface area contributed by atoms with Gasteiger partial charge in [-0.15, -0.1) is 0 Å². The van der Waals surface area contributed by atoms with Crippen molar-refractivity contribution < 1.29 is 18.7 Å². The number of hydrogen-bond acceptors (Lipinski definition) is 4. The maximum atomic E-state index is 12.9. The van der Waals surface area contributed by atoms with Crippen LogP contribution < -0.4 is 0 Å². The Labute approximate surface area is 160 Å². The van der Waals surface area contributed by atoms with Gasteiger partial charge in [0, 0.05) is 9.71 Å². The standard InChI is InChI=1S/C21H21BrO4/c22-21-9-13-5-14(10-21)8-20(7-13,12-21)19(24)25-11-16(23)18-6-15-3-1-2-4-17(15)26-18/h1-4,6,13-14H,5,7-12H2. The summed E-state index contributed by atoms with van der Waals surface area (Å²) >= 11 is 3.91. The van der Waals surface area contributed by atoms with E-state index in [2.05, 4.69) is 15.9 Å². The molecule has 0 radical (unpaired) electrons. The molecule has 0 aliphatic heterocycles. The van der Waals surface area contributed by atoms with Crippen LogP contribution in [0.3, 0.4) is 0 Å². The fourth-order valence-corrected chi connectivity index (χ4v) is 7.32. The number of ether oxygens (including phenoxy) is 1. The molecule has 2 unspecified atom stereocenters. The van der Waals surface area contributed by atoms with Crippen LogP contribution in [0.4, 0.5) is 0 Å². The number of para-hydroxylation sites is 1. The van der Waals surface area contributed by atoms with Crippen molar-refractivity contribution in [3.05, 3.63) is 36.1 Å². The van der Waals surface area contributed by atoms with Crippen molar-refractivity contribution in [3.8, 4) is 0 Å². The van der Waals surface area contributed by atoms with Gasteiger partial charge in [0.2, 0.25) is 5.78 Å².